The van der Waals surface area contributed by atoms with E-state index >= 15 is 0 Å². The number of primary amides is 1. The van der Waals surface area contributed by atoms with Crippen LogP contribution in [0.25, 0.3) is 0 Å². The molecule has 0 radical (unpaired) electrons. The maximum absolute atomic E-state index is 12.9. The first-order valence-corrected chi connectivity index (χ1v) is 11.1. The van der Waals surface area contributed by atoms with Crippen LogP contribution in [0.1, 0.15) is 15.9 Å². The van der Waals surface area contributed by atoms with Gasteiger partial charge in [-0.05, 0) is 60.5 Å². The van der Waals surface area contributed by atoms with Crippen molar-refractivity contribution >= 4 is 39.1 Å². The van der Waals surface area contributed by atoms with Crippen LogP contribution in [-0.4, -0.2) is 26.3 Å². The van der Waals surface area contributed by atoms with Crippen LogP contribution in [-0.2, 0) is 21.2 Å². The van der Waals surface area contributed by atoms with Crippen molar-refractivity contribution in [2.24, 2.45) is 5.73 Å². The Hall–Kier alpha value is -3.20. The second-order valence-corrected chi connectivity index (χ2v) is 8.90. The summed E-state index contributed by atoms with van der Waals surface area (Å²) < 4.78 is 28.1. The van der Waals surface area contributed by atoms with Crippen molar-refractivity contribution < 1.29 is 18.0 Å². The second kappa shape index (κ2) is 9.74. The molecule has 1 atom stereocenters. The van der Waals surface area contributed by atoms with Crippen molar-refractivity contribution in [3.63, 3.8) is 0 Å². The maximum atomic E-state index is 12.9. The zero-order chi connectivity index (χ0) is 22.4. The number of sulfonamides is 1. The number of carbonyl (C=O) groups is 2. The van der Waals surface area contributed by atoms with E-state index in [0.717, 1.165) is 5.56 Å². The lowest BCUT2D eigenvalue weighted by Crippen LogP contribution is -2.45. The number of halogens is 1. The van der Waals surface area contributed by atoms with Gasteiger partial charge in [-0.1, -0.05) is 41.9 Å². The minimum absolute atomic E-state index is 0.00595. The van der Waals surface area contributed by atoms with Gasteiger partial charge in [0.2, 0.25) is 21.8 Å². The molecule has 9 heteroatoms. The summed E-state index contributed by atoms with van der Waals surface area (Å²) in [6, 6.07) is 19.6. The molecule has 2 amide bonds. The number of rotatable bonds is 8. The van der Waals surface area contributed by atoms with Gasteiger partial charge in [0.1, 0.15) is 6.04 Å². The molecule has 0 aliphatic heterocycles. The lowest BCUT2D eigenvalue weighted by molar-refractivity contribution is -0.117. The molecule has 0 aromatic heterocycles. The molecule has 160 valence electrons. The fourth-order valence-corrected chi connectivity index (χ4v) is 4.18. The number of amides is 2. The average molecular weight is 458 g/mol. The molecule has 0 saturated heterocycles. The Balaban J connectivity index is 1.83. The summed E-state index contributed by atoms with van der Waals surface area (Å²) in [5, 5.41) is 3.07. The van der Waals surface area contributed by atoms with E-state index in [4.69, 9.17) is 17.3 Å². The van der Waals surface area contributed by atoms with Crippen LogP contribution in [0.5, 0.6) is 0 Å². The fraction of sp³-hybridized carbons (Fsp3) is 0.0909. The number of benzene rings is 3. The van der Waals surface area contributed by atoms with Gasteiger partial charge in [-0.15, -0.1) is 0 Å². The third-order valence-electron chi connectivity index (χ3n) is 4.46. The van der Waals surface area contributed by atoms with Gasteiger partial charge < -0.3 is 11.1 Å². The third kappa shape index (κ3) is 6.14. The van der Waals surface area contributed by atoms with E-state index in [1.54, 1.807) is 24.3 Å². The molecule has 7 nitrogen and oxygen atoms in total. The number of anilines is 1. The van der Waals surface area contributed by atoms with Crippen molar-refractivity contribution in [2.75, 3.05) is 5.32 Å². The fourth-order valence-electron chi connectivity index (χ4n) is 2.85. The molecule has 0 bridgehead atoms. The van der Waals surface area contributed by atoms with Gasteiger partial charge in [0, 0.05) is 16.3 Å². The molecule has 0 fully saturated rings. The molecule has 0 spiro atoms. The Morgan fingerprint density at radius 3 is 2.10 bits per heavy atom. The Labute approximate surface area is 185 Å². The smallest absolute Gasteiger partial charge is 0.248 e. The Morgan fingerprint density at radius 1 is 0.903 bits per heavy atom. The highest BCUT2D eigenvalue weighted by Gasteiger charge is 2.26. The van der Waals surface area contributed by atoms with E-state index in [2.05, 4.69) is 10.0 Å². The van der Waals surface area contributed by atoms with Crippen LogP contribution in [0.15, 0.2) is 83.8 Å². The van der Waals surface area contributed by atoms with Crippen LogP contribution in [0.3, 0.4) is 0 Å². The molecular weight excluding hydrogens is 438 g/mol. The number of carbonyl (C=O) groups excluding carboxylic acids is 2. The van der Waals surface area contributed by atoms with Gasteiger partial charge in [-0.25, -0.2) is 8.42 Å². The van der Waals surface area contributed by atoms with Crippen molar-refractivity contribution in [1.82, 2.24) is 4.72 Å². The zero-order valence-corrected chi connectivity index (χ0v) is 17.9. The Bertz CT molecular complexity index is 1170. The zero-order valence-electron chi connectivity index (χ0n) is 16.3. The number of nitrogens with two attached hydrogens (primary N) is 1. The van der Waals surface area contributed by atoms with E-state index in [0.29, 0.717) is 16.3 Å². The average Bonchev–Trinajstić information content (AvgIpc) is 2.74. The van der Waals surface area contributed by atoms with Gasteiger partial charge in [0.15, 0.2) is 0 Å². The second-order valence-electron chi connectivity index (χ2n) is 6.75. The third-order valence-corrected chi connectivity index (χ3v) is 6.20. The lowest BCUT2D eigenvalue weighted by atomic mass is 10.1. The largest absolute Gasteiger partial charge is 0.366 e. The first kappa shape index (κ1) is 22.5. The quantitative estimate of drug-likeness (QED) is 0.481. The Kier molecular flexibility index (Phi) is 7.06. The van der Waals surface area contributed by atoms with Crippen LogP contribution >= 0.6 is 11.6 Å². The van der Waals surface area contributed by atoms with Gasteiger partial charge in [0.25, 0.3) is 0 Å². The lowest BCUT2D eigenvalue weighted by Gasteiger charge is -2.19. The molecule has 0 aliphatic carbocycles. The molecule has 4 N–H and O–H groups in total. The predicted octanol–water partition coefficient (Wildman–Crippen LogP) is 2.97. The summed E-state index contributed by atoms with van der Waals surface area (Å²) in [6.45, 7) is 0. The molecule has 3 rings (SSSR count). The minimum Gasteiger partial charge on any atom is -0.366 e. The van der Waals surface area contributed by atoms with Crippen LogP contribution in [0, 0.1) is 0 Å². The summed E-state index contributed by atoms with van der Waals surface area (Å²) >= 11 is 5.84. The molecule has 0 aliphatic rings. The normalized spacial score (nSPS) is 12.2. The first-order chi connectivity index (χ1) is 14.7. The van der Waals surface area contributed by atoms with Crippen LogP contribution in [0.4, 0.5) is 5.69 Å². The molecule has 3 aromatic rings. The van der Waals surface area contributed by atoms with E-state index in [1.807, 2.05) is 6.07 Å². The van der Waals surface area contributed by atoms with Crippen molar-refractivity contribution in [3.8, 4) is 0 Å². The molecule has 1 unspecified atom stereocenters. The van der Waals surface area contributed by atoms with E-state index in [9.17, 15) is 18.0 Å². The number of nitrogens with one attached hydrogen (secondary N) is 2. The highest BCUT2D eigenvalue weighted by molar-refractivity contribution is 7.89. The van der Waals surface area contributed by atoms with Gasteiger partial charge in [0.05, 0.1) is 4.90 Å². The molecule has 3 aromatic carbocycles. The van der Waals surface area contributed by atoms with E-state index < -0.39 is 27.9 Å². The van der Waals surface area contributed by atoms with Crippen molar-refractivity contribution in [3.05, 3.63) is 95.0 Å². The maximum Gasteiger partial charge on any atom is 0.248 e. The molecule has 31 heavy (non-hydrogen) atoms. The summed E-state index contributed by atoms with van der Waals surface area (Å²) in [5.74, 6) is -1.14. The van der Waals surface area contributed by atoms with Gasteiger partial charge >= 0.3 is 0 Å². The topological polar surface area (TPSA) is 118 Å². The monoisotopic (exact) mass is 457 g/mol. The Morgan fingerprint density at radius 2 is 1.52 bits per heavy atom. The van der Waals surface area contributed by atoms with Crippen molar-refractivity contribution in [1.29, 1.82) is 0 Å². The van der Waals surface area contributed by atoms with Crippen molar-refractivity contribution in [2.45, 2.75) is 17.4 Å². The standard InChI is InChI=1S/C22H20ClN3O4S/c23-17-8-12-19(13-9-17)31(29,30)26-20(14-15-4-2-1-3-5-15)22(28)25-18-10-6-16(7-11-18)21(24)27/h1-13,20,26H,14H2,(H2,24,27)(H,25,28). The number of hydrogen-bond acceptors (Lipinski definition) is 4. The summed E-state index contributed by atoms with van der Waals surface area (Å²) in [6.07, 6.45) is 0.138. The minimum atomic E-state index is -3.98. The van der Waals surface area contributed by atoms with Crippen LogP contribution < -0.4 is 15.8 Å². The highest BCUT2D eigenvalue weighted by atomic mass is 35.5. The first-order valence-electron chi connectivity index (χ1n) is 9.27. The SMILES string of the molecule is NC(=O)c1ccc(NC(=O)C(Cc2ccccc2)NS(=O)(=O)c2ccc(Cl)cc2)cc1. The van der Waals surface area contributed by atoms with E-state index in [-0.39, 0.29) is 11.3 Å². The van der Waals surface area contributed by atoms with Crippen LogP contribution in [0.2, 0.25) is 5.02 Å². The summed E-state index contributed by atoms with van der Waals surface area (Å²) in [5.41, 5.74) is 6.70. The molecule has 0 saturated carbocycles. The number of hydrogen-bond donors (Lipinski definition) is 3. The van der Waals surface area contributed by atoms with Gasteiger partial charge in [-0.3, -0.25) is 9.59 Å². The molecule has 0 heterocycles. The molecular formula is C22H20ClN3O4S. The predicted molar refractivity (Wildman–Crippen MR) is 119 cm³/mol. The highest BCUT2D eigenvalue weighted by Crippen LogP contribution is 2.16. The van der Waals surface area contributed by atoms with Gasteiger partial charge in [-0.2, -0.15) is 4.72 Å². The summed E-state index contributed by atoms with van der Waals surface area (Å²) in [7, 11) is -3.98. The summed E-state index contributed by atoms with van der Waals surface area (Å²) in [4.78, 5) is 24.2. The van der Waals surface area contributed by atoms with E-state index in [1.165, 1.54) is 48.5 Å².